The molecular formula is C21H34O4. The molecule has 0 amide bonds. The van der Waals surface area contributed by atoms with E-state index in [1.165, 1.54) is 12.8 Å². The van der Waals surface area contributed by atoms with Gasteiger partial charge in [0.2, 0.25) is 0 Å². The van der Waals surface area contributed by atoms with Crippen molar-refractivity contribution in [2.75, 3.05) is 0 Å². The third-order valence-electron chi connectivity index (χ3n) is 3.66. The van der Waals surface area contributed by atoms with Gasteiger partial charge in [0, 0.05) is 6.42 Å². The number of hydrogen-bond acceptors (Lipinski definition) is 3. The molecule has 0 aliphatic rings. The van der Waals surface area contributed by atoms with Gasteiger partial charge in [0.05, 0.1) is 12.8 Å². The van der Waals surface area contributed by atoms with E-state index < -0.39 is 5.97 Å². The Balaban J connectivity index is 4.27. The van der Waals surface area contributed by atoms with Crippen LogP contribution < -0.4 is 0 Å². The van der Waals surface area contributed by atoms with E-state index in [4.69, 9.17) is 9.84 Å². The van der Waals surface area contributed by atoms with Crippen LogP contribution in [0, 0.1) is 0 Å². The number of carbonyl (C=O) groups excluding carboxylic acids is 1. The van der Waals surface area contributed by atoms with Crippen LogP contribution in [0.2, 0.25) is 0 Å². The fourth-order valence-corrected chi connectivity index (χ4v) is 2.31. The van der Waals surface area contributed by atoms with Gasteiger partial charge >= 0.3 is 11.9 Å². The minimum absolute atomic E-state index is 0.00448. The zero-order chi connectivity index (χ0) is 18.8. The van der Waals surface area contributed by atoms with Crippen molar-refractivity contribution >= 4 is 11.9 Å². The lowest BCUT2D eigenvalue weighted by Gasteiger charge is -2.16. The first-order chi connectivity index (χ1) is 12.1. The zero-order valence-corrected chi connectivity index (χ0v) is 15.8. The van der Waals surface area contributed by atoms with Gasteiger partial charge in [-0.15, -0.1) is 0 Å². The van der Waals surface area contributed by atoms with Gasteiger partial charge in [-0.25, -0.2) is 0 Å². The SMILES string of the molecule is CC/C=C\C/C=C\CC(=O)O[C@@H](C/C=C\CC(=O)O)CCCCCC. The number of allylic oxidation sites excluding steroid dienone is 3. The van der Waals surface area contributed by atoms with Crippen molar-refractivity contribution in [1.82, 2.24) is 0 Å². The smallest absolute Gasteiger partial charge is 0.309 e. The minimum Gasteiger partial charge on any atom is -0.481 e. The second kappa shape index (κ2) is 17.0. The second-order valence-electron chi connectivity index (χ2n) is 6.06. The summed E-state index contributed by atoms with van der Waals surface area (Å²) in [4.78, 5) is 22.5. The molecule has 0 aromatic rings. The summed E-state index contributed by atoms with van der Waals surface area (Å²) in [5.41, 5.74) is 0. The molecule has 0 aromatic heterocycles. The molecule has 0 bridgehead atoms. The van der Waals surface area contributed by atoms with Gasteiger partial charge in [-0.3, -0.25) is 9.59 Å². The third kappa shape index (κ3) is 16.8. The lowest BCUT2D eigenvalue weighted by molar-refractivity contribution is -0.148. The van der Waals surface area contributed by atoms with Crippen molar-refractivity contribution in [2.45, 2.75) is 84.2 Å². The number of carboxylic acids is 1. The van der Waals surface area contributed by atoms with Gasteiger partial charge in [0.25, 0.3) is 0 Å². The highest BCUT2D eigenvalue weighted by Crippen LogP contribution is 2.13. The Hall–Kier alpha value is -1.84. The molecule has 0 aliphatic carbocycles. The van der Waals surface area contributed by atoms with Gasteiger partial charge in [-0.05, 0) is 25.7 Å². The molecule has 4 nitrogen and oxygen atoms in total. The number of carboxylic acid groups (broad SMARTS) is 1. The van der Waals surface area contributed by atoms with Crippen molar-refractivity contribution in [1.29, 1.82) is 0 Å². The number of esters is 1. The predicted octanol–water partition coefficient (Wildman–Crippen LogP) is 5.59. The van der Waals surface area contributed by atoms with Crippen molar-refractivity contribution in [2.24, 2.45) is 0 Å². The van der Waals surface area contributed by atoms with E-state index >= 15 is 0 Å². The van der Waals surface area contributed by atoms with Gasteiger partial charge in [0.1, 0.15) is 6.10 Å². The summed E-state index contributed by atoms with van der Waals surface area (Å²) < 4.78 is 5.56. The summed E-state index contributed by atoms with van der Waals surface area (Å²) in [7, 11) is 0. The van der Waals surface area contributed by atoms with E-state index in [0.717, 1.165) is 32.1 Å². The highest BCUT2D eigenvalue weighted by atomic mass is 16.5. The third-order valence-corrected chi connectivity index (χ3v) is 3.66. The van der Waals surface area contributed by atoms with Gasteiger partial charge < -0.3 is 9.84 Å². The average molecular weight is 350 g/mol. The van der Waals surface area contributed by atoms with Crippen LogP contribution in [0.5, 0.6) is 0 Å². The Kier molecular flexibility index (Phi) is 15.7. The molecule has 0 radical (unpaired) electrons. The lowest BCUT2D eigenvalue weighted by atomic mass is 10.1. The first-order valence-electron chi connectivity index (χ1n) is 9.46. The maximum absolute atomic E-state index is 12.0. The number of ether oxygens (including phenoxy) is 1. The molecule has 0 saturated carbocycles. The Morgan fingerprint density at radius 2 is 1.64 bits per heavy atom. The van der Waals surface area contributed by atoms with Crippen LogP contribution in [0.15, 0.2) is 36.5 Å². The molecule has 0 rings (SSSR count). The number of rotatable bonds is 15. The molecule has 0 saturated heterocycles. The van der Waals surface area contributed by atoms with Gasteiger partial charge in [-0.1, -0.05) is 69.6 Å². The first kappa shape index (κ1) is 23.2. The molecule has 0 aromatic carbocycles. The van der Waals surface area contributed by atoms with Crippen LogP contribution in [-0.4, -0.2) is 23.1 Å². The maximum Gasteiger partial charge on any atom is 0.309 e. The second-order valence-corrected chi connectivity index (χ2v) is 6.06. The van der Waals surface area contributed by atoms with Crippen LogP contribution in [0.25, 0.3) is 0 Å². The number of aliphatic carboxylic acids is 1. The quantitative estimate of drug-likeness (QED) is 0.237. The Bertz CT molecular complexity index is 435. The fraction of sp³-hybridized carbons (Fsp3) is 0.619. The van der Waals surface area contributed by atoms with Crippen LogP contribution >= 0.6 is 0 Å². The topological polar surface area (TPSA) is 63.6 Å². The molecule has 0 heterocycles. The molecule has 4 heteroatoms. The maximum atomic E-state index is 12.0. The van der Waals surface area contributed by atoms with Gasteiger partial charge in [-0.2, -0.15) is 0 Å². The Morgan fingerprint density at radius 3 is 2.32 bits per heavy atom. The highest BCUT2D eigenvalue weighted by Gasteiger charge is 2.12. The molecular weight excluding hydrogens is 316 g/mol. The van der Waals surface area contributed by atoms with Crippen molar-refractivity contribution in [3.05, 3.63) is 36.5 Å². The molecule has 0 spiro atoms. The van der Waals surface area contributed by atoms with E-state index in [1.807, 2.05) is 12.2 Å². The predicted molar refractivity (Wildman–Crippen MR) is 102 cm³/mol. The number of carbonyl (C=O) groups is 2. The fourth-order valence-electron chi connectivity index (χ4n) is 2.31. The highest BCUT2D eigenvalue weighted by molar-refractivity contribution is 5.71. The molecule has 0 unspecified atom stereocenters. The zero-order valence-electron chi connectivity index (χ0n) is 15.8. The lowest BCUT2D eigenvalue weighted by Crippen LogP contribution is -2.17. The van der Waals surface area contributed by atoms with E-state index in [0.29, 0.717) is 6.42 Å². The summed E-state index contributed by atoms with van der Waals surface area (Å²) in [5, 5.41) is 8.65. The van der Waals surface area contributed by atoms with Crippen LogP contribution in [0.1, 0.15) is 78.1 Å². The summed E-state index contributed by atoms with van der Waals surface area (Å²) in [5.74, 6) is -1.07. The number of hydrogen-bond donors (Lipinski definition) is 1. The van der Waals surface area contributed by atoms with Crippen molar-refractivity contribution in [3.63, 3.8) is 0 Å². The summed E-state index contributed by atoms with van der Waals surface area (Å²) in [6.07, 6.45) is 19.3. The Labute approximate surface area is 152 Å². The minimum atomic E-state index is -0.852. The number of unbranched alkanes of at least 4 members (excludes halogenated alkanes) is 3. The molecule has 25 heavy (non-hydrogen) atoms. The summed E-state index contributed by atoms with van der Waals surface area (Å²) >= 11 is 0. The van der Waals surface area contributed by atoms with Crippen molar-refractivity contribution < 1.29 is 19.4 Å². The Morgan fingerprint density at radius 1 is 0.920 bits per heavy atom. The van der Waals surface area contributed by atoms with Crippen molar-refractivity contribution in [3.8, 4) is 0 Å². The summed E-state index contributed by atoms with van der Waals surface area (Å²) in [6, 6.07) is 0. The monoisotopic (exact) mass is 350 g/mol. The molecule has 0 aliphatic heterocycles. The molecule has 0 fully saturated rings. The van der Waals surface area contributed by atoms with E-state index in [9.17, 15) is 9.59 Å². The van der Waals surface area contributed by atoms with Crippen LogP contribution in [0.4, 0.5) is 0 Å². The van der Waals surface area contributed by atoms with E-state index in [2.05, 4.69) is 26.0 Å². The van der Waals surface area contributed by atoms with Gasteiger partial charge in [0.15, 0.2) is 0 Å². The molecule has 1 atom stereocenters. The van der Waals surface area contributed by atoms with Crippen LogP contribution in [-0.2, 0) is 14.3 Å². The summed E-state index contributed by atoms with van der Waals surface area (Å²) in [6.45, 7) is 4.25. The largest absolute Gasteiger partial charge is 0.481 e. The van der Waals surface area contributed by atoms with Crippen LogP contribution in [0.3, 0.4) is 0 Å². The average Bonchev–Trinajstić information content (AvgIpc) is 2.58. The first-order valence-corrected chi connectivity index (χ1v) is 9.46. The molecule has 1 N–H and O–H groups in total. The molecule has 142 valence electrons. The van der Waals surface area contributed by atoms with E-state index in [-0.39, 0.29) is 24.9 Å². The standard InChI is InChI=1S/C21H34O4/c1-3-5-7-9-10-12-18-21(24)25-19(15-11-8-6-4-2)16-13-14-17-20(22)23/h5,7,10,12-14,19H,3-4,6,8-9,11,15-18H2,1-2H3,(H,22,23)/b7-5-,12-10-,14-13-/t19-/m1/s1. The van der Waals surface area contributed by atoms with E-state index in [1.54, 1.807) is 12.2 Å². The normalized spacial score (nSPS) is 13.0.